The van der Waals surface area contributed by atoms with Gasteiger partial charge in [0.1, 0.15) is 0 Å². The van der Waals surface area contributed by atoms with E-state index in [0.29, 0.717) is 18.1 Å². The predicted octanol–water partition coefficient (Wildman–Crippen LogP) is 4.04. The molecule has 1 aliphatic carbocycles. The second-order valence-electron chi connectivity index (χ2n) is 8.08. The largest absolute Gasteiger partial charge is 0.455 e. The van der Waals surface area contributed by atoms with Gasteiger partial charge in [-0.3, -0.25) is 9.59 Å². The molecule has 158 valence electrons. The summed E-state index contributed by atoms with van der Waals surface area (Å²) in [6, 6.07) is 17.6. The number of ether oxygens (including phenoxy) is 1. The van der Waals surface area contributed by atoms with E-state index in [1.165, 1.54) is 5.69 Å². The van der Waals surface area contributed by atoms with Gasteiger partial charge in [-0.1, -0.05) is 54.8 Å². The minimum Gasteiger partial charge on any atom is -0.455 e. The number of halogens is 1. The summed E-state index contributed by atoms with van der Waals surface area (Å²) in [5, 5.41) is 0.644. The first-order chi connectivity index (χ1) is 14.6. The molecule has 0 bridgehead atoms. The Morgan fingerprint density at radius 2 is 1.53 bits per heavy atom. The maximum atomic E-state index is 13.0. The molecule has 1 saturated heterocycles. The van der Waals surface area contributed by atoms with Crippen molar-refractivity contribution in [3.63, 3.8) is 0 Å². The lowest BCUT2D eigenvalue weighted by Crippen LogP contribution is -2.50. The van der Waals surface area contributed by atoms with Gasteiger partial charge in [0.25, 0.3) is 5.91 Å². The van der Waals surface area contributed by atoms with E-state index in [4.69, 9.17) is 16.3 Å². The molecule has 30 heavy (non-hydrogen) atoms. The van der Waals surface area contributed by atoms with Crippen LogP contribution in [-0.4, -0.2) is 49.6 Å². The summed E-state index contributed by atoms with van der Waals surface area (Å²) in [7, 11) is 0. The van der Waals surface area contributed by atoms with Crippen LogP contribution >= 0.6 is 11.6 Å². The Bertz CT molecular complexity index is 871. The lowest BCUT2D eigenvalue weighted by Gasteiger charge is -2.36. The quantitative estimate of drug-likeness (QED) is 0.677. The van der Waals surface area contributed by atoms with Crippen molar-refractivity contribution in [3.05, 3.63) is 65.2 Å². The minimum absolute atomic E-state index is 0.125. The number of nitrogens with zero attached hydrogens (tertiary/aromatic N) is 2. The summed E-state index contributed by atoms with van der Waals surface area (Å²) in [6.45, 7) is 2.62. The van der Waals surface area contributed by atoms with Crippen LogP contribution < -0.4 is 4.90 Å². The van der Waals surface area contributed by atoms with Crippen molar-refractivity contribution in [3.8, 4) is 0 Å². The number of hydrogen-bond donors (Lipinski definition) is 0. The van der Waals surface area contributed by atoms with Crippen LogP contribution in [0.4, 0.5) is 5.69 Å². The molecule has 0 aromatic heterocycles. The summed E-state index contributed by atoms with van der Waals surface area (Å²) in [4.78, 5) is 29.8. The topological polar surface area (TPSA) is 49.9 Å². The van der Waals surface area contributed by atoms with Crippen molar-refractivity contribution in [2.24, 2.45) is 0 Å². The molecule has 0 N–H and O–H groups in total. The highest BCUT2D eigenvalue weighted by Crippen LogP contribution is 2.42. The van der Waals surface area contributed by atoms with Gasteiger partial charge < -0.3 is 14.5 Å². The molecule has 0 spiro atoms. The van der Waals surface area contributed by atoms with Gasteiger partial charge in [0.15, 0.2) is 6.61 Å². The number of carbonyl (C=O) groups is 2. The fourth-order valence-electron chi connectivity index (χ4n) is 4.57. The van der Waals surface area contributed by atoms with E-state index in [1.54, 1.807) is 4.90 Å². The molecule has 0 radical (unpaired) electrons. The number of rotatable bonds is 5. The molecule has 1 aliphatic heterocycles. The number of esters is 1. The van der Waals surface area contributed by atoms with Gasteiger partial charge in [-0.05, 0) is 42.7 Å². The SMILES string of the molecule is O=C(COC(=O)C1(c2ccc(Cl)cc2)CCCC1)N1CCN(c2ccccc2)CC1. The lowest BCUT2D eigenvalue weighted by atomic mass is 9.79. The van der Waals surface area contributed by atoms with Crippen LogP contribution in [0.15, 0.2) is 54.6 Å². The zero-order valence-electron chi connectivity index (χ0n) is 17.1. The fourth-order valence-corrected chi connectivity index (χ4v) is 4.69. The second kappa shape index (κ2) is 9.09. The third kappa shape index (κ3) is 4.31. The van der Waals surface area contributed by atoms with Crippen LogP contribution in [0, 0.1) is 0 Å². The normalized spacial score (nSPS) is 18.3. The average Bonchev–Trinajstić information content (AvgIpc) is 3.30. The highest BCUT2D eigenvalue weighted by Gasteiger charge is 2.44. The van der Waals surface area contributed by atoms with Crippen LogP contribution in [0.2, 0.25) is 5.02 Å². The van der Waals surface area contributed by atoms with Gasteiger partial charge in [0.05, 0.1) is 5.41 Å². The summed E-state index contributed by atoms with van der Waals surface area (Å²) in [5.74, 6) is -0.418. The van der Waals surface area contributed by atoms with Crippen molar-refractivity contribution >= 4 is 29.2 Å². The smallest absolute Gasteiger partial charge is 0.317 e. The molecule has 4 rings (SSSR count). The summed E-state index contributed by atoms with van der Waals surface area (Å²) < 4.78 is 5.56. The number of carbonyl (C=O) groups excluding carboxylic acids is 2. The Labute approximate surface area is 182 Å². The van der Waals surface area contributed by atoms with Crippen LogP contribution in [0.5, 0.6) is 0 Å². The molecule has 6 heteroatoms. The predicted molar refractivity (Wildman–Crippen MR) is 118 cm³/mol. The fraction of sp³-hybridized carbons (Fsp3) is 0.417. The molecule has 5 nitrogen and oxygen atoms in total. The number of amides is 1. The monoisotopic (exact) mass is 426 g/mol. The van der Waals surface area contributed by atoms with Gasteiger partial charge in [-0.2, -0.15) is 0 Å². The first kappa shape index (κ1) is 20.7. The van der Waals surface area contributed by atoms with Crippen molar-refractivity contribution in [1.82, 2.24) is 4.90 Å². The van der Waals surface area contributed by atoms with E-state index >= 15 is 0 Å². The Kier molecular flexibility index (Phi) is 6.28. The van der Waals surface area contributed by atoms with Gasteiger partial charge in [-0.25, -0.2) is 0 Å². The van der Waals surface area contributed by atoms with Gasteiger partial charge >= 0.3 is 5.97 Å². The molecule has 1 amide bonds. The van der Waals surface area contributed by atoms with E-state index in [0.717, 1.165) is 44.3 Å². The average molecular weight is 427 g/mol. The molecule has 0 atom stereocenters. The first-order valence-corrected chi connectivity index (χ1v) is 11.0. The van der Waals surface area contributed by atoms with E-state index in [9.17, 15) is 9.59 Å². The minimum atomic E-state index is -0.656. The van der Waals surface area contributed by atoms with Crippen molar-refractivity contribution in [1.29, 1.82) is 0 Å². The number of piperazine rings is 1. The second-order valence-corrected chi connectivity index (χ2v) is 8.51. The van der Waals surface area contributed by atoms with Crippen molar-refractivity contribution in [2.75, 3.05) is 37.7 Å². The number of anilines is 1. The molecule has 2 aromatic carbocycles. The molecule has 1 saturated carbocycles. The standard InChI is InChI=1S/C24H27ClN2O3/c25-20-10-8-19(9-11-20)24(12-4-5-13-24)23(29)30-18-22(28)27-16-14-26(15-17-27)21-6-2-1-3-7-21/h1-3,6-11H,4-5,12-18H2. The highest BCUT2D eigenvalue weighted by atomic mass is 35.5. The summed E-state index contributed by atoms with van der Waals surface area (Å²) in [5.41, 5.74) is 1.44. The maximum Gasteiger partial charge on any atom is 0.317 e. The van der Waals surface area contributed by atoms with Gasteiger partial charge in [0.2, 0.25) is 0 Å². The summed E-state index contributed by atoms with van der Waals surface area (Å²) in [6.07, 6.45) is 3.45. The van der Waals surface area contributed by atoms with Crippen LogP contribution in [0.3, 0.4) is 0 Å². The van der Waals surface area contributed by atoms with Gasteiger partial charge in [0, 0.05) is 36.9 Å². The Morgan fingerprint density at radius 1 is 0.900 bits per heavy atom. The van der Waals surface area contributed by atoms with E-state index in [-0.39, 0.29) is 18.5 Å². The van der Waals surface area contributed by atoms with E-state index < -0.39 is 5.41 Å². The van der Waals surface area contributed by atoms with E-state index in [2.05, 4.69) is 17.0 Å². The first-order valence-electron chi connectivity index (χ1n) is 10.6. The Balaban J connectivity index is 1.33. The molecule has 1 heterocycles. The van der Waals surface area contributed by atoms with Crippen molar-refractivity contribution < 1.29 is 14.3 Å². The van der Waals surface area contributed by atoms with Crippen LogP contribution in [0.25, 0.3) is 0 Å². The van der Waals surface area contributed by atoms with Crippen LogP contribution in [-0.2, 0) is 19.7 Å². The van der Waals surface area contributed by atoms with Gasteiger partial charge in [-0.15, -0.1) is 0 Å². The maximum absolute atomic E-state index is 13.0. The number of hydrogen-bond acceptors (Lipinski definition) is 4. The number of benzene rings is 2. The Morgan fingerprint density at radius 3 is 2.17 bits per heavy atom. The number of para-hydroxylation sites is 1. The third-order valence-electron chi connectivity index (χ3n) is 6.33. The molecule has 2 aliphatic rings. The third-order valence-corrected chi connectivity index (χ3v) is 6.58. The summed E-state index contributed by atoms with van der Waals surface area (Å²) >= 11 is 6.01. The lowest BCUT2D eigenvalue weighted by molar-refractivity contribution is -0.157. The zero-order chi connectivity index (χ0) is 21.0. The highest BCUT2D eigenvalue weighted by molar-refractivity contribution is 6.30. The van der Waals surface area contributed by atoms with E-state index in [1.807, 2.05) is 42.5 Å². The van der Waals surface area contributed by atoms with Crippen LogP contribution in [0.1, 0.15) is 31.2 Å². The molecule has 2 aromatic rings. The molecule has 2 fully saturated rings. The van der Waals surface area contributed by atoms with Crippen molar-refractivity contribution in [2.45, 2.75) is 31.1 Å². The molecule has 0 unspecified atom stereocenters. The molecular formula is C24H27ClN2O3. The molecular weight excluding hydrogens is 400 g/mol. The Hall–Kier alpha value is -2.53. The zero-order valence-corrected chi connectivity index (χ0v) is 17.8.